The number of hydrogen-bond acceptors (Lipinski definition) is 4. The lowest BCUT2D eigenvalue weighted by molar-refractivity contribution is 0.0944. The van der Waals surface area contributed by atoms with Crippen LogP contribution >= 0.6 is 0 Å². The van der Waals surface area contributed by atoms with Crippen LogP contribution in [-0.2, 0) is 9.84 Å². The molecular formula is C11H11NO4S. The van der Waals surface area contributed by atoms with Gasteiger partial charge in [-0.05, 0) is 18.2 Å². The molecule has 1 aliphatic rings. The molecule has 0 saturated carbocycles. The maximum atomic E-state index is 11.7. The maximum Gasteiger partial charge on any atom is 0.252 e. The van der Waals surface area contributed by atoms with Crippen molar-refractivity contribution in [1.29, 1.82) is 0 Å². The molecule has 0 spiro atoms. The number of carbonyl (C=O) groups is 1. The minimum Gasteiger partial charge on any atom is -0.395 e. The van der Waals surface area contributed by atoms with E-state index < -0.39 is 15.7 Å². The lowest BCUT2D eigenvalue weighted by atomic mass is 10.1. The zero-order valence-electron chi connectivity index (χ0n) is 8.88. The quantitative estimate of drug-likeness (QED) is 0.804. The Bertz CT molecular complexity index is 589. The first-order valence-corrected chi connectivity index (χ1v) is 6.56. The predicted octanol–water partition coefficient (Wildman–Crippen LogP) is 0.167. The number of fused-ring (bicyclic) bond motifs is 1. The lowest BCUT2D eigenvalue weighted by Gasteiger charge is -2.07. The second-order valence-electron chi connectivity index (χ2n) is 3.54. The molecule has 0 aromatic heterocycles. The number of hydrogen-bond donors (Lipinski definition) is 2. The van der Waals surface area contributed by atoms with E-state index in [1.165, 1.54) is 18.2 Å². The Hall–Kier alpha value is -1.66. The number of benzene rings is 1. The van der Waals surface area contributed by atoms with Crippen LogP contribution in [0.25, 0.3) is 6.08 Å². The second kappa shape index (κ2) is 4.31. The molecule has 5 nitrogen and oxygen atoms in total. The van der Waals surface area contributed by atoms with Gasteiger partial charge in [0.1, 0.15) is 0 Å². The van der Waals surface area contributed by atoms with Gasteiger partial charge in [0.25, 0.3) is 5.91 Å². The van der Waals surface area contributed by atoms with E-state index in [1.54, 1.807) is 6.07 Å². The molecule has 0 unspecified atom stereocenters. The minimum absolute atomic E-state index is 0.138. The van der Waals surface area contributed by atoms with Crippen LogP contribution in [0.3, 0.4) is 0 Å². The highest BCUT2D eigenvalue weighted by atomic mass is 32.2. The Morgan fingerprint density at radius 3 is 2.82 bits per heavy atom. The zero-order chi connectivity index (χ0) is 12.5. The van der Waals surface area contributed by atoms with Crippen molar-refractivity contribution in [2.45, 2.75) is 4.90 Å². The van der Waals surface area contributed by atoms with Gasteiger partial charge in [0.15, 0.2) is 9.84 Å². The number of aliphatic hydroxyl groups excluding tert-OH is 1. The number of aliphatic hydroxyl groups is 1. The molecule has 0 radical (unpaired) electrons. The highest BCUT2D eigenvalue weighted by Crippen LogP contribution is 2.29. The molecule has 6 heteroatoms. The van der Waals surface area contributed by atoms with Crippen molar-refractivity contribution >= 4 is 21.8 Å². The molecule has 1 amide bonds. The fourth-order valence-corrected chi connectivity index (χ4v) is 2.87. The first kappa shape index (κ1) is 11.8. The monoisotopic (exact) mass is 253 g/mol. The molecule has 1 aromatic carbocycles. The topological polar surface area (TPSA) is 83.5 Å². The van der Waals surface area contributed by atoms with Crippen LogP contribution in [0.1, 0.15) is 15.9 Å². The van der Waals surface area contributed by atoms with Gasteiger partial charge in [0, 0.05) is 23.1 Å². The third kappa shape index (κ3) is 2.09. The van der Waals surface area contributed by atoms with Crippen molar-refractivity contribution in [3.8, 4) is 0 Å². The molecular weight excluding hydrogens is 242 g/mol. The van der Waals surface area contributed by atoms with E-state index in [-0.39, 0.29) is 18.0 Å². The van der Waals surface area contributed by atoms with Gasteiger partial charge >= 0.3 is 0 Å². The number of carbonyl (C=O) groups excluding carboxylic acids is 1. The SMILES string of the molecule is O=C(NCCO)c1cccc2c1C=CS2(=O)=O. The Kier molecular flexibility index (Phi) is 2.99. The van der Waals surface area contributed by atoms with Crippen LogP contribution in [0.5, 0.6) is 0 Å². The van der Waals surface area contributed by atoms with Crippen molar-refractivity contribution in [3.63, 3.8) is 0 Å². The van der Waals surface area contributed by atoms with Crippen molar-refractivity contribution in [3.05, 3.63) is 34.7 Å². The highest BCUT2D eigenvalue weighted by molar-refractivity contribution is 7.94. The molecule has 1 aliphatic heterocycles. The van der Waals surface area contributed by atoms with Crippen LogP contribution in [-0.4, -0.2) is 32.6 Å². The highest BCUT2D eigenvalue weighted by Gasteiger charge is 2.24. The summed E-state index contributed by atoms with van der Waals surface area (Å²) in [6, 6.07) is 4.54. The lowest BCUT2D eigenvalue weighted by Crippen LogP contribution is -2.27. The third-order valence-corrected chi connectivity index (χ3v) is 3.89. The zero-order valence-corrected chi connectivity index (χ0v) is 9.70. The average Bonchev–Trinajstić information content (AvgIpc) is 2.62. The van der Waals surface area contributed by atoms with E-state index >= 15 is 0 Å². The number of nitrogens with one attached hydrogen (secondary N) is 1. The summed E-state index contributed by atoms with van der Waals surface area (Å²) in [7, 11) is -3.39. The van der Waals surface area contributed by atoms with Crippen molar-refractivity contribution < 1.29 is 18.3 Å². The van der Waals surface area contributed by atoms with E-state index in [1.807, 2.05) is 0 Å². The standard InChI is InChI=1S/C11H11NO4S/c13-6-5-12-11(14)9-2-1-3-10-8(9)4-7-17(10,15)16/h1-4,7,13H,5-6H2,(H,12,14). The number of amides is 1. The Labute approximate surface area is 98.7 Å². The molecule has 0 atom stereocenters. The van der Waals surface area contributed by atoms with Gasteiger partial charge in [0.05, 0.1) is 11.5 Å². The van der Waals surface area contributed by atoms with Crippen LogP contribution in [0.4, 0.5) is 0 Å². The molecule has 0 bridgehead atoms. The molecule has 90 valence electrons. The predicted molar refractivity (Wildman–Crippen MR) is 62.1 cm³/mol. The van der Waals surface area contributed by atoms with E-state index in [0.29, 0.717) is 11.1 Å². The van der Waals surface area contributed by atoms with Gasteiger partial charge < -0.3 is 10.4 Å². The summed E-state index contributed by atoms with van der Waals surface area (Å²) in [6.07, 6.45) is 1.42. The van der Waals surface area contributed by atoms with E-state index in [0.717, 1.165) is 5.41 Å². The summed E-state index contributed by atoms with van der Waals surface area (Å²) in [5.74, 6) is -0.391. The molecule has 1 heterocycles. The molecule has 0 fully saturated rings. The molecule has 17 heavy (non-hydrogen) atoms. The maximum absolute atomic E-state index is 11.7. The van der Waals surface area contributed by atoms with Gasteiger partial charge in [0.2, 0.25) is 0 Å². The van der Waals surface area contributed by atoms with Crippen LogP contribution in [0.2, 0.25) is 0 Å². The van der Waals surface area contributed by atoms with Gasteiger partial charge in [-0.15, -0.1) is 0 Å². The Balaban J connectivity index is 2.42. The molecule has 0 saturated heterocycles. The summed E-state index contributed by atoms with van der Waals surface area (Å²) in [6.45, 7) is -0.0200. The van der Waals surface area contributed by atoms with Gasteiger partial charge in [-0.1, -0.05) is 6.07 Å². The summed E-state index contributed by atoms with van der Waals surface area (Å²) >= 11 is 0. The molecule has 2 rings (SSSR count). The summed E-state index contributed by atoms with van der Waals surface area (Å²) in [5.41, 5.74) is 0.705. The van der Waals surface area contributed by atoms with Crippen LogP contribution < -0.4 is 5.32 Å². The summed E-state index contributed by atoms with van der Waals surface area (Å²) < 4.78 is 23.2. The van der Waals surface area contributed by atoms with E-state index in [9.17, 15) is 13.2 Å². The van der Waals surface area contributed by atoms with E-state index in [2.05, 4.69) is 5.32 Å². The third-order valence-electron chi connectivity index (χ3n) is 2.43. The number of rotatable bonds is 3. The van der Waals surface area contributed by atoms with Gasteiger partial charge in [-0.3, -0.25) is 4.79 Å². The first-order valence-electron chi connectivity index (χ1n) is 5.01. The average molecular weight is 253 g/mol. The Morgan fingerprint density at radius 2 is 2.12 bits per heavy atom. The van der Waals surface area contributed by atoms with Crippen molar-refractivity contribution in [2.24, 2.45) is 0 Å². The normalized spacial score (nSPS) is 15.6. The fraction of sp³-hybridized carbons (Fsp3) is 0.182. The molecule has 1 aromatic rings. The van der Waals surface area contributed by atoms with Crippen molar-refractivity contribution in [2.75, 3.05) is 13.2 Å². The first-order chi connectivity index (χ1) is 8.06. The second-order valence-corrected chi connectivity index (χ2v) is 5.35. The van der Waals surface area contributed by atoms with Gasteiger partial charge in [-0.2, -0.15) is 0 Å². The minimum atomic E-state index is -3.39. The summed E-state index contributed by atoms with van der Waals surface area (Å²) in [4.78, 5) is 11.9. The summed E-state index contributed by atoms with van der Waals surface area (Å²) in [5, 5.41) is 12.2. The molecule has 0 aliphatic carbocycles. The van der Waals surface area contributed by atoms with Crippen LogP contribution in [0.15, 0.2) is 28.5 Å². The molecule has 2 N–H and O–H groups in total. The van der Waals surface area contributed by atoms with E-state index in [4.69, 9.17) is 5.11 Å². The van der Waals surface area contributed by atoms with Crippen LogP contribution in [0, 0.1) is 0 Å². The van der Waals surface area contributed by atoms with Crippen molar-refractivity contribution in [1.82, 2.24) is 5.32 Å². The number of sulfone groups is 1. The smallest absolute Gasteiger partial charge is 0.252 e. The Morgan fingerprint density at radius 1 is 1.35 bits per heavy atom. The largest absolute Gasteiger partial charge is 0.395 e. The van der Waals surface area contributed by atoms with Gasteiger partial charge in [-0.25, -0.2) is 8.42 Å². The fourth-order valence-electron chi connectivity index (χ4n) is 1.66.